The molecule has 0 fully saturated rings. The van der Waals surface area contributed by atoms with E-state index in [0.717, 1.165) is 0 Å². The zero-order chi connectivity index (χ0) is 17.7. The second kappa shape index (κ2) is 7.40. The summed E-state index contributed by atoms with van der Waals surface area (Å²) < 4.78 is 14.8. The van der Waals surface area contributed by atoms with Gasteiger partial charge in [-0.1, -0.05) is 11.2 Å². The number of benzene rings is 1. The number of aromatic nitrogens is 1. The third kappa shape index (κ3) is 3.97. The van der Waals surface area contributed by atoms with Crippen LogP contribution in [0.2, 0.25) is 0 Å². The first-order valence-corrected chi connectivity index (χ1v) is 7.15. The molecule has 8 nitrogen and oxygen atoms in total. The molecule has 2 rings (SSSR count). The molecule has 24 heavy (non-hydrogen) atoms. The summed E-state index contributed by atoms with van der Waals surface area (Å²) in [6.45, 7) is 4.67. The number of rotatable bonds is 5. The smallest absolute Gasteiger partial charge is 0.345 e. The van der Waals surface area contributed by atoms with Gasteiger partial charge in [0, 0.05) is 12.5 Å². The number of esters is 2. The van der Waals surface area contributed by atoms with Crippen molar-refractivity contribution in [2.45, 2.75) is 20.8 Å². The minimum Gasteiger partial charge on any atom is -0.462 e. The van der Waals surface area contributed by atoms with Gasteiger partial charge in [-0.2, -0.15) is 0 Å². The van der Waals surface area contributed by atoms with E-state index in [2.05, 4.69) is 10.5 Å². The Labute approximate surface area is 137 Å². The first kappa shape index (κ1) is 17.2. The Morgan fingerprint density at radius 1 is 1.29 bits per heavy atom. The maximum absolute atomic E-state index is 12.3. The lowest BCUT2D eigenvalue weighted by molar-refractivity contribution is -0.131. The molecule has 0 aliphatic rings. The Morgan fingerprint density at radius 3 is 2.71 bits per heavy atom. The molecule has 0 atom stereocenters. The number of nitrogens with one attached hydrogen (secondary N) is 1. The highest BCUT2D eigenvalue weighted by Crippen LogP contribution is 2.22. The van der Waals surface area contributed by atoms with E-state index in [1.807, 2.05) is 0 Å². The Hall–Kier alpha value is -3.16. The van der Waals surface area contributed by atoms with Crippen molar-refractivity contribution in [2.75, 3.05) is 11.9 Å². The van der Waals surface area contributed by atoms with Crippen LogP contribution >= 0.6 is 0 Å². The minimum absolute atomic E-state index is 0.0568. The summed E-state index contributed by atoms with van der Waals surface area (Å²) in [5, 5.41) is 6.12. The molecule has 0 bridgehead atoms. The van der Waals surface area contributed by atoms with Crippen LogP contribution < -0.4 is 10.1 Å². The molecule has 0 aliphatic carbocycles. The number of ether oxygens (including phenoxy) is 2. The van der Waals surface area contributed by atoms with Crippen molar-refractivity contribution in [3.05, 3.63) is 41.1 Å². The van der Waals surface area contributed by atoms with Gasteiger partial charge in [0.25, 0.3) is 5.91 Å². The summed E-state index contributed by atoms with van der Waals surface area (Å²) in [4.78, 5) is 35.2. The highest BCUT2D eigenvalue weighted by Gasteiger charge is 2.23. The second-order valence-electron chi connectivity index (χ2n) is 4.77. The van der Waals surface area contributed by atoms with Gasteiger partial charge in [0.05, 0.1) is 12.3 Å². The van der Waals surface area contributed by atoms with E-state index in [1.165, 1.54) is 19.1 Å². The number of hydrogen-bond donors (Lipinski definition) is 1. The number of nitrogens with zero attached hydrogens (tertiary/aromatic N) is 1. The predicted molar refractivity (Wildman–Crippen MR) is 82.9 cm³/mol. The first-order valence-electron chi connectivity index (χ1n) is 7.15. The molecule has 1 amide bonds. The van der Waals surface area contributed by atoms with Crippen LogP contribution in [-0.4, -0.2) is 29.6 Å². The SMILES string of the molecule is CCOC(=O)c1c(C)noc1NC(=O)c1cccc(OC(C)=O)c1. The molecule has 0 saturated heterocycles. The fourth-order valence-electron chi connectivity index (χ4n) is 1.94. The molecule has 1 heterocycles. The lowest BCUT2D eigenvalue weighted by atomic mass is 10.2. The van der Waals surface area contributed by atoms with Crippen LogP contribution in [0.3, 0.4) is 0 Å². The Morgan fingerprint density at radius 2 is 2.04 bits per heavy atom. The van der Waals surface area contributed by atoms with Crippen molar-refractivity contribution in [1.29, 1.82) is 0 Å². The van der Waals surface area contributed by atoms with Crippen LogP contribution in [0, 0.1) is 6.92 Å². The van der Waals surface area contributed by atoms with Crippen LogP contribution in [0.1, 0.15) is 40.3 Å². The molecule has 126 valence electrons. The van der Waals surface area contributed by atoms with E-state index in [9.17, 15) is 14.4 Å². The Kier molecular flexibility index (Phi) is 5.31. The summed E-state index contributed by atoms with van der Waals surface area (Å²) in [6, 6.07) is 6.02. The van der Waals surface area contributed by atoms with Crippen molar-refractivity contribution in [3.63, 3.8) is 0 Å². The number of anilines is 1. The van der Waals surface area contributed by atoms with Gasteiger partial charge in [-0.3, -0.25) is 14.9 Å². The van der Waals surface area contributed by atoms with Gasteiger partial charge in [0.15, 0.2) is 0 Å². The molecule has 0 saturated carbocycles. The Balaban J connectivity index is 2.21. The van der Waals surface area contributed by atoms with Gasteiger partial charge in [0.1, 0.15) is 11.3 Å². The summed E-state index contributed by atoms with van der Waals surface area (Å²) in [5.74, 6) is -1.56. The molecule has 0 unspecified atom stereocenters. The van der Waals surface area contributed by atoms with Crippen molar-refractivity contribution >= 4 is 23.7 Å². The number of carbonyl (C=O) groups excluding carboxylic acids is 3. The van der Waals surface area contributed by atoms with E-state index in [-0.39, 0.29) is 29.4 Å². The maximum atomic E-state index is 12.3. The van der Waals surface area contributed by atoms with Gasteiger partial charge < -0.3 is 14.0 Å². The fourth-order valence-corrected chi connectivity index (χ4v) is 1.94. The van der Waals surface area contributed by atoms with Gasteiger partial charge >= 0.3 is 11.9 Å². The number of aryl methyl sites for hydroxylation is 1. The molecule has 0 spiro atoms. The zero-order valence-corrected chi connectivity index (χ0v) is 13.4. The maximum Gasteiger partial charge on any atom is 0.345 e. The monoisotopic (exact) mass is 332 g/mol. The van der Waals surface area contributed by atoms with Gasteiger partial charge in [-0.05, 0) is 32.0 Å². The molecule has 8 heteroatoms. The Bertz CT molecular complexity index is 781. The second-order valence-corrected chi connectivity index (χ2v) is 4.77. The van der Waals surface area contributed by atoms with Crippen LogP contribution in [0.25, 0.3) is 0 Å². The van der Waals surface area contributed by atoms with Crippen LogP contribution in [-0.2, 0) is 9.53 Å². The number of carbonyl (C=O) groups is 3. The lowest BCUT2D eigenvalue weighted by Crippen LogP contribution is -2.15. The summed E-state index contributed by atoms with van der Waals surface area (Å²) in [5.41, 5.74) is 0.580. The first-order chi connectivity index (χ1) is 11.4. The van der Waals surface area contributed by atoms with E-state index >= 15 is 0 Å². The summed E-state index contributed by atoms with van der Waals surface area (Å²) in [7, 11) is 0. The molecular formula is C16H16N2O6. The van der Waals surface area contributed by atoms with Crippen LogP contribution in [0.15, 0.2) is 28.8 Å². The average Bonchev–Trinajstić information content (AvgIpc) is 2.87. The van der Waals surface area contributed by atoms with Crippen molar-refractivity contribution in [1.82, 2.24) is 5.16 Å². The average molecular weight is 332 g/mol. The van der Waals surface area contributed by atoms with Crippen molar-refractivity contribution in [2.24, 2.45) is 0 Å². The third-order valence-corrected chi connectivity index (χ3v) is 2.93. The molecule has 2 aromatic rings. The van der Waals surface area contributed by atoms with Crippen LogP contribution in [0.5, 0.6) is 5.75 Å². The third-order valence-electron chi connectivity index (χ3n) is 2.93. The predicted octanol–water partition coefficient (Wildman–Crippen LogP) is 2.34. The molecular weight excluding hydrogens is 316 g/mol. The van der Waals surface area contributed by atoms with E-state index in [1.54, 1.807) is 26.0 Å². The van der Waals surface area contributed by atoms with Crippen molar-refractivity contribution < 1.29 is 28.4 Å². The topological polar surface area (TPSA) is 108 Å². The summed E-state index contributed by atoms with van der Waals surface area (Å²) >= 11 is 0. The lowest BCUT2D eigenvalue weighted by Gasteiger charge is -2.06. The van der Waals surface area contributed by atoms with Gasteiger partial charge in [0.2, 0.25) is 5.88 Å². The van der Waals surface area contributed by atoms with Gasteiger partial charge in [-0.15, -0.1) is 0 Å². The van der Waals surface area contributed by atoms with E-state index in [0.29, 0.717) is 5.69 Å². The largest absolute Gasteiger partial charge is 0.462 e. The molecule has 1 aromatic carbocycles. The quantitative estimate of drug-likeness (QED) is 0.661. The highest BCUT2D eigenvalue weighted by molar-refractivity contribution is 6.07. The normalized spacial score (nSPS) is 10.1. The molecule has 1 N–H and O–H groups in total. The molecule has 0 radical (unpaired) electrons. The van der Waals surface area contributed by atoms with E-state index < -0.39 is 17.8 Å². The standard InChI is InChI=1S/C16H16N2O6/c1-4-22-16(21)13-9(2)18-24-15(13)17-14(20)11-6-5-7-12(8-11)23-10(3)19/h5-8H,4H2,1-3H3,(H,17,20). The number of hydrogen-bond acceptors (Lipinski definition) is 7. The molecule has 0 aliphatic heterocycles. The number of amides is 1. The minimum atomic E-state index is -0.639. The van der Waals surface area contributed by atoms with Crippen LogP contribution in [0.4, 0.5) is 5.88 Å². The van der Waals surface area contributed by atoms with E-state index in [4.69, 9.17) is 14.0 Å². The zero-order valence-electron chi connectivity index (χ0n) is 13.4. The van der Waals surface area contributed by atoms with Gasteiger partial charge in [-0.25, -0.2) is 4.79 Å². The van der Waals surface area contributed by atoms with Crippen molar-refractivity contribution in [3.8, 4) is 5.75 Å². The molecule has 1 aromatic heterocycles. The highest BCUT2D eigenvalue weighted by atomic mass is 16.5. The summed E-state index contributed by atoms with van der Waals surface area (Å²) in [6.07, 6.45) is 0. The fraction of sp³-hybridized carbons (Fsp3) is 0.250.